The van der Waals surface area contributed by atoms with Gasteiger partial charge in [0, 0.05) is 36.2 Å². The van der Waals surface area contributed by atoms with E-state index in [1.807, 2.05) is 29.4 Å². The van der Waals surface area contributed by atoms with Gasteiger partial charge in [0.2, 0.25) is 0 Å². The van der Waals surface area contributed by atoms with E-state index in [0.29, 0.717) is 18.7 Å². The fraction of sp³-hybridized carbons (Fsp3) is 0.389. The second kappa shape index (κ2) is 7.36. The Bertz CT molecular complexity index is 719. The second-order valence-corrected chi connectivity index (χ2v) is 6.23. The summed E-state index contributed by atoms with van der Waals surface area (Å²) < 4.78 is 15.1. The third kappa shape index (κ3) is 3.47. The van der Waals surface area contributed by atoms with Crippen molar-refractivity contribution in [2.24, 2.45) is 5.73 Å². The summed E-state index contributed by atoms with van der Waals surface area (Å²) in [5.74, 6) is -0.212. The Hall–Kier alpha value is -1.85. The van der Waals surface area contributed by atoms with Gasteiger partial charge in [0.25, 0.3) is 5.91 Å². The van der Waals surface area contributed by atoms with Crippen LogP contribution in [-0.4, -0.2) is 34.5 Å². The highest BCUT2D eigenvalue weighted by Crippen LogP contribution is 2.23. The number of aromatic nitrogens is 1. The van der Waals surface area contributed by atoms with Crippen molar-refractivity contribution in [1.82, 2.24) is 9.47 Å². The Morgan fingerprint density at radius 1 is 1.17 bits per heavy atom. The van der Waals surface area contributed by atoms with Gasteiger partial charge in [-0.3, -0.25) is 4.79 Å². The summed E-state index contributed by atoms with van der Waals surface area (Å²) in [4.78, 5) is 14.7. The van der Waals surface area contributed by atoms with Crippen LogP contribution in [0.25, 0.3) is 5.69 Å². The maximum Gasteiger partial charge on any atom is 0.255 e. The number of carbonyl (C=O) groups excluding carboxylic acids is 1. The molecular weight excluding hydrogens is 329 g/mol. The lowest BCUT2D eigenvalue weighted by Crippen LogP contribution is -2.42. The summed E-state index contributed by atoms with van der Waals surface area (Å²) in [7, 11) is 0. The number of aryl methyl sites for hydroxylation is 1. The first-order valence-corrected chi connectivity index (χ1v) is 7.97. The molecule has 4 nitrogen and oxygen atoms in total. The van der Waals surface area contributed by atoms with Gasteiger partial charge in [0.1, 0.15) is 5.82 Å². The summed E-state index contributed by atoms with van der Waals surface area (Å²) >= 11 is 0. The molecule has 0 spiro atoms. The van der Waals surface area contributed by atoms with Crippen LogP contribution in [0, 0.1) is 19.7 Å². The molecule has 1 aliphatic rings. The Balaban J connectivity index is 0.00000208. The highest BCUT2D eigenvalue weighted by atomic mass is 35.5. The standard InChI is InChI=1S/C18H22FN3O.ClH/c1-12-11-17(18(23)21-9-7-15(20)8-10-21)13(2)22(12)16-5-3-14(19)4-6-16;/h3-6,11,15H,7-10,20H2,1-2H3;1H. The minimum absolute atomic E-state index is 0. The number of piperidine rings is 1. The highest BCUT2D eigenvalue weighted by molar-refractivity contribution is 5.96. The summed E-state index contributed by atoms with van der Waals surface area (Å²) in [5.41, 5.74) is 9.33. The van der Waals surface area contributed by atoms with Gasteiger partial charge >= 0.3 is 0 Å². The molecule has 1 saturated heterocycles. The van der Waals surface area contributed by atoms with Gasteiger partial charge < -0.3 is 15.2 Å². The van der Waals surface area contributed by atoms with Gasteiger partial charge in [-0.1, -0.05) is 0 Å². The highest BCUT2D eigenvalue weighted by Gasteiger charge is 2.25. The Morgan fingerprint density at radius 3 is 2.33 bits per heavy atom. The topological polar surface area (TPSA) is 51.3 Å². The molecule has 0 saturated carbocycles. The van der Waals surface area contributed by atoms with Gasteiger partial charge in [-0.2, -0.15) is 0 Å². The molecule has 1 fully saturated rings. The van der Waals surface area contributed by atoms with Gasteiger partial charge in [-0.25, -0.2) is 4.39 Å². The molecule has 0 atom stereocenters. The summed E-state index contributed by atoms with van der Waals surface area (Å²) in [6, 6.07) is 8.43. The molecule has 1 aromatic carbocycles. The van der Waals surface area contributed by atoms with Crippen LogP contribution in [0.1, 0.15) is 34.6 Å². The van der Waals surface area contributed by atoms with Crippen molar-refractivity contribution >= 4 is 18.3 Å². The molecule has 1 aromatic heterocycles. The van der Waals surface area contributed by atoms with Crippen molar-refractivity contribution in [1.29, 1.82) is 0 Å². The predicted octanol–water partition coefficient (Wildman–Crippen LogP) is 3.22. The molecule has 2 aromatic rings. The third-order valence-corrected chi connectivity index (χ3v) is 4.57. The van der Waals surface area contributed by atoms with E-state index in [1.54, 1.807) is 12.1 Å². The van der Waals surface area contributed by atoms with Gasteiger partial charge in [-0.05, 0) is 57.0 Å². The van der Waals surface area contributed by atoms with E-state index in [-0.39, 0.29) is 30.2 Å². The van der Waals surface area contributed by atoms with E-state index >= 15 is 0 Å². The molecule has 1 aliphatic heterocycles. The summed E-state index contributed by atoms with van der Waals surface area (Å²) in [6.07, 6.45) is 1.70. The van der Waals surface area contributed by atoms with Crippen LogP contribution in [-0.2, 0) is 0 Å². The lowest BCUT2D eigenvalue weighted by Gasteiger charge is -2.30. The quantitative estimate of drug-likeness (QED) is 0.903. The number of amides is 1. The average Bonchev–Trinajstić information content (AvgIpc) is 2.83. The van der Waals surface area contributed by atoms with Crippen molar-refractivity contribution in [3.63, 3.8) is 0 Å². The molecule has 130 valence electrons. The van der Waals surface area contributed by atoms with Crippen molar-refractivity contribution in [3.8, 4) is 5.69 Å². The minimum Gasteiger partial charge on any atom is -0.338 e. The first kappa shape index (κ1) is 18.5. The van der Waals surface area contributed by atoms with E-state index in [9.17, 15) is 9.18 Å². The number of likely N-dealkylation sites (tertiary alicyclic amines) is 1. The molecule has 3 rings (SSSR count). The third-order valence-electron chi connectivity index (χ3n) is 4.57. The zero-order chi connectivity index (χ0) is 16.6. The number of hydrogen-bond acceptors (Lipinski definition) is 2. The van der Waals surface area contributed by atoms with E-state index in [0.717, 1.165) is 29.9 Å². The zero-order valence-corrected chi connectivity index (χ0v) is 14.8. The van der Waals surface area contributed by atoms with Crippen molar-refractivity contribution in [3.05, 3.63) is 53.1 Å². The lowest BCUT2D eigenvalue weighted by molar-refractivity contribution is 0.0714. The second-order valence-electron chi connectivity index (χ2n) is 6.23. The summed E-state index contributed by atoms with van der Waals surface area (Å²) in [5, 5.41) is 0. The molecule has 0 radical (unpaired) electrons. The van der Waals surface area contributed by atoms with Crippen LogP contribution in [0.5, 0.6) is 0 Å². The zero-order valence-electron chi connectivity index (χ0n) is 14.0. The molecule has 0 unspecified atom stereocenters. The largest absolute Gasteiger partial charge is 0.338 e. The fourth-order valence-corrected chi connectivity index (χ4v) is 3.24. The molecule has 24 heavy (non-hydrogen) atoms. The molecule has 0 bridgehead atoms. The molecule has 2 heterocycles. The monoisotopic (exact) mass is 351 g/mol. The number of hydrogen-bond donors (Lipinski definition) is 1. The Kier molecular flexibility index (Phi) is 5.67. The average molecular weight is 352 g/mol. The summed E-state index contributed by atoms with van der Waals surface area (Å²) in [6.45, 7) is 5.30. The van der Waals surface area contributed by atoms with Crippen molar-refractivity contribution in [2.75, 3.05) is 13.1 Å². The van der Waals surface area contributed by atoms with Crippen LogP contribution in [0.15, 0.2) is 30.3 Å². The maximum absolute atomic E-state index is 13.1. The minimum atomic E-state index is -0.267. The lowest BCUT2D eigenvalue weighted by atomic mass is 10.1. The van der Waals surface area contributed by atoms with E-state index in [1.165, 1.54) is 12.1 Å². The number of nitrogens with zero attached hydrogens (tertiary/aromatic N) is 2. The van der Waals surface area contributed by atoms with Gasteiger partial charge in [0.05, 0.1) is 5.56 Å². The smallest absolute Gasteiger partial charge is 0.255 e. The van der Waals surface area contributed by atoms with Crippen LogP contribution in [0.4, 0.5) is 4.39 Å². The predicted molar refractivity (Wildman–Crippen MR) is 95.6 cm³/mol. The Labute approximate surface area is 147 Å². The first-order chi connectivity index (χ1) is 11.0. The van der Waals surface area contributed by atoms with Crippen molar-refractivity contribution in [2.45, 2.75) is 32.7 Å². The molecule has 2 N–H and O–H groups in total. The fourth-order valence-electron chi connectivity index (χ4n) is 3.24. The number of rotatable bonds is 2. The van der Waals surface area contributed by atoms with Crippen LogP contribution in [0.3, 0.4) is 0 Å². The number of nitrogens with two attached hydrogens (primary N) is 1. The van der Waals surface area contributed by atoms with E-state index in [4.69, 9.17) is 5.73 Å². The maximum atomic E-state index is 13.1. The van der Waals surface area contributed by atoms with Crippen LogP contribution >= 0.6 is 12.4 Å². The number of carbonyl (C=O) groups is 1. The molecule has 0 aliphatic carbocycles. The van der Waals surface area contributed by atoms with Crippen LogP contribution < -0.4 is 5.73 Å². The van der Waals surface area contributed by atoms with Gasteiger partial charge in [-0.15, -0.1) is 12.4 Å². The first-order valence-electron chi connectivity index (χ1n) is 7.97. The number of benzene rings is 1. The molecule has 6 heteroatoms. The van der Waals surface area contributed by atoms with E-state index in [2.05, 4.69) is 0 Å². The normalized spacial score (nSPS) is 15.2. The van der Waals surface area contributed by atoms with E-state index < -0.39 is 0 Å². The van der Waals surface area contributed by atoms with Crippen molar-refractivity contribution < 1.29 is 9.18 Å². The molecule has 1 amide bonds. The van der Waals surface area contributed by atoms with Crippen LogP contribution in [0.2, 0.25) is 0 Å². The Morgan fingerprint density at radius 2 is 1.75 bits per heavy atom. The molecular formula is C18H23ClFN3O. The number of halogens is 2. The van der Waals surface area contributed by atoms with Gasteiger partial charge in [0.15, 0.2) is 0 Å². The SMILES string of the molecule is Cc1cc(C(=O)N2CCC(N)CC2)c(C)n1-c1ccc(F)cc1.Cl.